The van der Waals surface area contributed by atoms with Crippen molar-refractivity contribution in [2.75, 3.05) is 41.5 Å². The van der Waals surface area contributed by atoms with Gasteiger partial charge in [0.25, 0.3) is 0 Å². The Bertz CT molecular complexity index is 1480. The van der Waals surface area contributed by atoms with Crippen molar-refractivity contribution in [3.8, 4) is 40.8 Å². The average molecular weight is 550 g/mol. The third-order valence-electron chi connectivity index (χ3n) is 5.77. The van der Waals surface area contributed by atoms with Crippen LogP contribution in [0.4, 0.5) is 0 Å². The van der Waals surface area contributed by atoms with Gasteiger partial charge < -0.3 is 39.1 Å². The highest BCUT2D eigenvalue weighted by atomic mass is 16.6. The molecule has 11 nitrogen and oxygen atoms in total. The molecular weight excluding hydrogens is 518 g/mol. The molecule has 0 saturated heterocycles. The third kappa shape index (κ3) is 6.92. The first-order valence-electron chi connectivity index (χ1n) is 12.1. The molecule has 1 atom stereocenters. The van der Waals surface area contributed by atoms with Gasteiger partial charge >= 0.3 is 11.9 Å². The number of methoxy groups -OCH3 is 2. The van der Waals surface area contributed by atoms with E-state index in [1.165, 1.54) is 0 Å². The second-order valence-electron chi connectivity index (χ2n) is 8.85. The molecule has 0 bridgehead atoms. The summed E-state index contributed by atoms with van der Waals surface area (Å²) in [6, 6.07) is 9.87. The lowest BCUT2D eigenvalue weighted by atomic mass is 10.1. The number of nitrogens with zero attached hydrogens (tertiary/aromatic N) is 2. The molecule has 3 aromatic rings. The fourth-order valence-corrected chi connectivity index (χ4v) is 3.87. The van der Waals surface area contributed by atoms with Crippen molar-refractivity contribution < 1.29 is 38.9 Å². The number of terminal acetylenes is 1. The van der Waals surface area contributed by atoms with Crippen LogP contribution in [0.3, 0.4) is 0 Å². The van der Waals surface area contributed by atoms with Crippen LogP contribution >= 0.6 is 0 Å². The molecule has 0 amide bonds. The van der Waals surface area contributed by atoms with Crippen molar-refractivity contribution >= 4 is 28.6 Å². The third-order valence-corrected chi connectivity index (χ3v) is 5.77. The highest BCUT2D eigenvalue weighted by molar-refractivity contribution is 6.30. The number of carbonyl (C=O) groups is 2. The van der Waals surface area contributed by atoms with Crippen molar-refractivity contribution in [3.63, 3.8) is 0 Å². The molecule has 40 heavy (non-hydrogen) atoms. The summed E-state index contributed by atoms with van der Waals surface area (Å²) in [6.07, 6.45) is 6.14. The van der Waals surface area contributed by atoms with Gasteiger partial charge in [0, 0.05) is 46.3 Å². The van der Waals surface area contributed by atoms with Gasteiger partial charge in [-0.2, -0.15) is 0 Å². The average Bonchev–Trinajstić information content (AvgIpc) is 3.43. The standard InChI is InChI=1S/C25H27N3O4.C4H4O4/c1-7-15(2)32-27-25-18-14-22(30-6)21(29-5)13-17(18)24-23(25)19-12-16(8-9-20(19)26-24)31-11-10-28(3)4;5-3(6)1-2-4(7)8/h1,8-9,12-15,26H,10-11H2,2-6H3;1-2H,(H,5,6)(H,7,8)/t15-;/m0./s1. The maximum atomic E-state index is 9.55. The minimum absolute atomic E-state index is 0.453. The van der Waals surface area contributed by atoms with Gasteiger partial charge in [0.05, 0.1) is 19.9 Å². The summed E-state index contributed by atoms with van der Waals surface area (Å²) in [5.74, 6) is 2.08. The summed E-state index contributed by atoms with van der Waals surface area (Å²) >= 11 is 0. The largest absolute Gasteiger partial charge is 0.493 e. The first-order valence-corrected chi connectivity index (χ1v) is 12.1. The predicted molar refractivity (Wildman–Crippen MR) is 150 cm³/mol. The van der Waals surface area contributed by atoms with Gasteiger partial charge in [-0.15, -0.1) is 6.42 Å². The number of carboxylic acids is 2. The van der Waals surface area contributed by atoms with Crippen LogP contribution in [0.25, 0.3) is 22.2 Å². The molecule has 0 fully saturated rings. The first-order chi connectivity index (χ1) is 19.1. The van der Waals surface area contributed by atoms with Gasteiger partial charge in [-0.1, -0.05) is 11.1 Å². The normalized spacial score (nSPS) is 13.3. The maximum absolute atomic E-state index is 9.55. The summed E-state index contributed by atoms with van der Waals surface area (Å²) in [7, 11) is 7.27. The smallest absolute Gasteiger partial charge is 0.328 e. The Balaban J connectivity index is 0.000000482. The zero-order valence-electron chi connectivity index (χ0n) is 22.8. The number of hydrogen-bond acceptors (Lipinski definition) is 8. The number of carboxylic acid groups (broad SMARTS) is 2. The van der Waals surface area contributed by atoms with E-state index in [2.05, 4.69) is 21.0 Å². The van der Waals surface area contributed by atoms with E-state index in [1.807, 2.05) is 44.4 Å². The van der Waals surface area contributed by atoms with Crippen LogP contribution in [0.15, 0.2) is 47.6 Å². The lowest BCUT2D eigenvalue weighted by molar-refractivity contribution is -0.134. The summed E-state index contributed by atoms with van der Waals surface area (Å²) in [5, 5.41) is 21.1. The molecule has 0 radical (unpaired) electrons. The highest BCUT2D eigenvalue weighted by Crippen LogP contribution is 2.46. The fourth-order valence-electron chi connectivity index (χ4n) is 3.87. The van der Waals surface area contributed by atoms with E-state index in [9.17, 15) is 9.59 Å². The number of aromatic nitrogens is 1. The molecule has 1 aliphatic carbocycles. The molecule has 2 aromatic carbocycles. The molecule has 1 aromatic heterocycles. The summed E-state index contributed by atoms with van der Waals surface area (Å²) in [5.41, 5.74) is 5.39. The molecule has 0 unspecified atom stereocenters. The molecule has 1 aliphatic rings. The lowest BCUT2D eigenvalue weighted by Crippen LogP contribution is -2.19. The summed E-state index contributed by atoms with van der Waals surface area (Å²) in [4.78, 5) is 30.3. The topological polar surface area (TPSA) is 143 Å². The molecule has 0 saturated carbocycles. The van der Waals surface area contributed by atoms with Crippen molar-refractivity contribution in [1.82, 2.24) is 9.88 Å². The Morgan fingerprint density at radius 3 is 2.25 bits per heavy atom. The number of H-pyrrole nitrogens is 1. The fraction of sp³-hybridized carbons (Fsp3) is 0.276. The summed E-state index contributed by atoms with van der Waals surface area (Å²) < 4.78 is 17.0. The minimum Gasteiger partial charge on any atom is -0.493 e. The Labute approximate surface area is 231 Å². The number of rotatable bonds is 10. The zero-order valence-corrected chi connectivity index (χ0v) is 22.8. The predicted octanol–water partition coefficient (Wildman–Crippen LogP) is 3.61. The van der Waals surface area contributed by atoms with E-state index >= 15 is 0 Å². The van der Waals surface area contributed by atoms with Crippen LogP contribution in [0, 0.1) is 12.3 Å². The van der Waals surface area contributed by atoms with Crippen molar-refractivity contribution in [2.24, 2.45) is 5.16 Å². The van der Waals surface area contributed by atoms with Crippen molar-refractivity contribution in [1.29, 1.82) is 0 Å². The van der Waals surface area contributed by atoms with Gasteiger partial charge in [-0.25, -0.2) is 9.59 Å². The van der Waals surface area contributed by atoms with Gasteiger partial charge in [0.1, 0.15) is 18.1 Å². The molecule has 0 aliphatic heterocycles. The van der Waals surface area contributed by atoms with Crippen LogP contribution in [0.1, 0.15) is 18.1 Å². The monoisotopic (exact) mass is 549 g/mol. The quantitative estimate of drug-likeness (QED) is 0.154. The number of fused-ring (bicyclic) bond motifs is 5. The number of aliphatic carboxylic acids is 2. The Kier molecular flexibility index (Phi) is 9.78. The Morgan fingerprint density at radius 1 is 1.07 bits per heavy atom. The number of benzene rings is 2. The number of nitrogens with one attached hydrogen (secondary N) is 1. The summed E-state index contributed by atoms with van der Waals surface area (Å²) in [6.45, 7) is 3.21. The second-order valence-corrected chi connectivity index (χ2v) is 8.85. The van der Waals surface area contributed by atoms with Crippen LogP contribution in [-0.2, 0) is 14.4 Å². The number of oxime groups is 1. The van der Waals surface area contributed by atoms with E-state index in [0.717, 1.165) is 45.6 Å². The van der Waals surface area contributed by atoms with Gasteiger partial charge in [0.15, 0.2) is 17.6 Å². The zero-order chi connectivity index (χ0) is 29.4. The Morgan fingerprint density at radius 2 is 1.70 bits per heavy atom. The molecule has 11 heteroatoms. The number of hydrogen-bond donors (Lipinski definition) is 3. The van der Waals surface area contributed by atoms with E-state index in [0.29, 0.717) is 36.0 Å². The maximum Gasteiger partial charge on any atom is 0.328 e. The molecule has 210 valence electrons. The van der Waals surface area contributed by atoms with E-state index in [1.54, 1.807) is 21.1 Å². The van der Waals surface area contributed by atoms with Crippen LogP contribution < -0.4 is 14.2 Å². The van der Waals surface area contributed by atoms with E-state index < -0.39 is 18.0 Å². The number of likely N-dealkylation sites (N-methyl/N-ethyl adjacent to an activating group) is 1. The second kappa shape index (κ2) is 13.2. The van der Waals surface area contributed by atoms with E-state index in [4.69, 9.17) is 35.7 Å². The minimum atomic E-state index is -1.26. The van der Waals surface area contributed by atoms with E-state index in [-0.39, 0.29) is 0 Å². The highest BCUT2D eigenvalue weighted by Gasteiger charge is 2.32. The van der Waals surface area contributed by atoms with Crippen LogP contribution in [0.5, 0.6) is 17.2 Å². The van der Waals surface area contributed by atoms with Gasteiger partial charge in [0.2, 0.25) is 0 Å². The molecule has 0 spiro atoms. The first kappa shape index (κ1) is 29.6. The Hall–Kier alpha value is -4.95. The number of ether oxygens (including phenoxy) is 3. The lowest BCUT2D eigenvalue weighted by Gasteiger charge is -2.12. The van der Waals surface area contributed by atoms with Crippen molar-refractivity contribution in [3.05, 3.63) is 53.6 Å². The molecular formula is C29H31N3O8. The van der Waals surface area contributed by atoms with Crippen LogP contribution in [0.2, 0.25) is 0 Å². The van der Waals surface area contributed by atoms with Gasteiger partial charge in [-0.3, -0.25) is 0 Å². The number of aromatic amines is 1. The van der Waals surface area contributed by atoms with Crippen molar-refractivity contribution in [2.45, 2.75) is 13.0 Å². The SMILES string of the molecule is C#C[C@H](C)ON=C1c2cc(OC)c(OC)cc2-c2[nH]c3ccc(OCCN(C)C)cc3c21.O=C(O)C=CC(=O)O. The molecule has 1 heterocycles. The van der Waals surface area contributed by atoms with Crippen LogP contribution in [-0.4, -0.2) is 85.3 Å². The molecule has 4 rings (SSSR count). The molecule has 3 N–H and O–H groups in total. The van der Waals surface area contributed by atoms with Gasteiger partial charge in [-0.05, 0) is 51.4 Å².